The maximum absolute atomic E-state index is 11.9. The van der Waals surface area contributed by atoms with Crippen LogP contribution in [-0.4, -0.2) is 26.2 Å². The van der Waals surface area contributed by atoms with E-state index in [1.165, 1.54) is 12.1 Å². The number of nitrogens with one attached hydrogen (secondary N) is 1. The second-order valence-electron chi connectivity index (χ2n) is 4.21. The van der Waals surface area contributed by atoms with E-state index in [1.54, 1.807) is 13.0 Å². The van der Waals surface area contributed by atoms with E-state index in [9.17, 15) is 13.5 Å². The highest BCUT2D eigenvalue weighted by molar-refractivity contribution is 7.89. The van der Waals surface area contributed by atoms with Crippen LogP contribution in [0.5, 0.6) is 0 Å². The molecule has 0 heterocycles. The summed E-state index contributed by atoms with van der Waals surface area (Å²) in [7, 11) is -3.61. The Morgan fingerprint density at radius 1 is 1.44 bits per heavy atom. The van der Waals surface area contributed by atoms with Gasteiger partial charge in [0.15, 0.2) is 0 Å². The lowest BCUT2D eigenvalue weighted by molar-refractivity contribution is 0.167. The molecule has 0 bridgehead atoms. The van der Waals surface area contributed by atoms with Gasteiger partial charge < -0.3 is 5.11 Å². The molecular formula is C12H18ClNO3S. The molecule has 0 aliphatic heterocycles. The van der Waals surface area contributed by atoms with Gasteiger partial charge in [-0.25, -0.2) is 13.1 Å². The average molecular weight is 292 g/mol. The fourth-order valence-corrected chi connectivity index (χ4v) is 2.81. The highest BCUT2D eigenvalue weighted by Gasteiger charge is 2.16. The molecule has 0 aliphatic carbocycles. The Bertz CT molecular complexity index is 502. The Balaban J connectivity index is 2.77. The van der Waals surface area contributed by atoms with Crippen LogP contribution in [0.3, 0.4) is 0 Å². The lowest BCUT2D eigenvalue weighted by Gasteiger charge is -2.11. The average Bonchev–Trinajstić information content (AvgIpc) is 2.30. The molecule has 0 saturated heterocycles. The molecule has 0 aromatic heterocycles. The molecule has 1 rings (SSSR count). The Hall–Kier alpha value is -0.620. The lowest BCUT2D eigenvalue weighted by atomic mass is 10.2. The van der Waals surface area contributed by atoms with Gasteiger partial charge in [-0.3, -0.25) is 0 Å². The van der Waals surface area contributed by atoms with Crippen LogP contribution in [0, 0.1) is 6.92 Å². The Kier molecular flexibility index (Phi) is 5.59. The molecule has 0 amide bonds. The first-order valence-electron chi connectivity index (χ1n) is 5.80. The molecule has 0 saturated carbocycles. The first-order chi connectivity index (χ1) is 8.36. The molecule has 18 heavy (non-hydrogen) atoms. The van der Waals surface area contributed by atoms with Crippen molar-refractivity contribution >= 4 is 21.6 Å². The quantitative estimate of drug-likeness (QED) is 0.843. The molecule has 0 radical (unpaired) electrons. The zero-order valence-corrected chi connectivity index (χ0v) is 12.1. The van der Waals surface area contributed by atoms with Gasteiger partial charge in [-0.1, -0.05) is 31.0 Å². The first-order valence-corrected chi connectivity index (χ1v) is 7.67. The Morgan fingerprint density at radius 2 is 2.11 bits per heavy atom. The van der Waals surface area contributed by atoms with E-state index >= 15 is 0 Å². The van der Waals surface area contributed by atoms with Crippen molar-refractivity contribution in [1.29, 1.82) is 0 Å². The maximum Gasteiger partial charge on any atom is 0.240 e. The molecule has 1 atom stereocenters. The van der Waals surface area contributed by atoms with Crippen LogP contribution in [-0.2, 0) is 10.0 Å². The van der Waals surface area contributed by atoms with Crippen LogP contribution in [0.25, 0.3) is 0 Å². The number of halogens is 1. The summed E-state index contributed by atoms with van der Waals surface area (Å²) in [6, 6.07) is 4.56. The number of hydrogen-bond donors (Lipinski definition) is 2. The summed E-state index contributed by atoms with van der Waals surface area (Å²) < 4.78 is 26.2. The van der Waals surface area contributed by atoms with Crippen LogP contribution >= 0.6 is 11.6 Å². The van der Waals surface area contributed by atoms with Gasteiger partial charge >= 0.3 is 0 Å². The number of sulfonamides is 1. The van der Waals surface area contributed by atoms with Crippen LogP contribution in [0.4, 0.5) is 0 Å². The normalized spacial score (nSPS) is 13.6. The lowest BCUT2D eigenvalue weighted by Crippen LogP contribution is -2.32. The van der Waals surface area contributed by atoms with E-state index in [1.807, 2.05) is 6.92 Å². The molecule has 4 nitrogen and oxygen atoms in total. The Labute approximate surface area is 113 Å². The van der Waals surface area contributed by atoms with Gasteiger partial charge in [0.05, 0.1) is 11.0 Å². The van der Waals surface area contributed by atoms with Gasteiger partial charge in [0.1, 0.15) is 0 Å². The van der Waals surface area contributed by atoms with E-state index in [0.29, 0.717) is 11.4 Å². The van der Waals surface area contributed by atoms with Crippen molar-refractivity contribution in [3.63, 3.8) is 0 Å². The second-order valence-corrected chi connectivity index (χ2v) is 6.38. The van der Waals surface area contributed by atoms with Crippen molar-refractivity contribution in [2.75, 3.05) is 6.54 Å². The maximum atomic E-state index is 11.9. The fraction of sp³-hybridized carbons (Fsp3) is 0.500. The molecule has 0 aliphatic rings. The number of benzene rings is 1. The summed E-state index contributed by atoms with van der Waals surface area (Å²) in [5, 5.41) is 9.91. The van der Waals surface area contributed by atoms with Gasteiger partial charge in [0.25, 0.3) is 0 Å². The standard InChI is InChI=1S/C12H18ClNO3S/c1-3-4-10(15)8-14-18(16,17)11-6-5-9(2)12(13)7-11/h5-7,10,14-15H,3-4,8H2,1-2H3. The van der Waals surface area contributed by atoms with Crippen LogP contribution in [0.2, 0.25) is 5.02 Å². The highest BCUT2D eigenvalue weighted by atomic mass is 35.5. The van der Waals surface area contributed by atoms with E-state index in [0.717, 1.165) is 12.0 Å². The number of hydrogen-bond acceptors (Lipinski definition) is 3. The molecular weight excluding hydrogens is 274 g/mol. The van der Waals surface area contributed by atoms with Gasteiger partial charge in [0.2, 0.25) is 10.0 Å². The predicted molar refractivity (Wildman–Crippen MR) is 72.3 cm³/mol. The fourth-order valence-electron chi connectivity index (χ4n) is 1.47. The Morgan fingerprint density at radius 3 is 2.67 bits per heavy atom. The third-order valence-electron chi connectivity index (χ3n) is 2.58. The largest absolute Gasteiger partial charge is 0.392 e. The highest BCUT2D eigenvalue weighted by Crippen LogP contribution is 2.19. The molecule has 0 spiro atoms. The molecule has 1 unspecified atom stereocenters. The topological polar surface area (TPSA) is 66.4 Å². The zero-order chi connectivity index (χ0) is 13.8. The second kappa shape index (κ2) is 6.52. The summed E-state index contributed by atoms with van der Waals surface area (Å²) in [6.45, 7) is 3.75. The van der Waals surface area contributed by atoms with Crippen molar-refractivity contribution < 1.29 is 13.5 Å². The van der Waals surface area contributed by atoms with Crippen LogP contribution in [0.1, 0.15) is 25.3 Å². The molecule has 1 aromatic carbocycles. The van der Waals surface area contributed by atoms with E-state index < -0.39 is 16.1 Å². The van der Waals surface area contributed by atoms with Crippen molar-refractivity contribution in [2.45, 2.75) is 37.7 Å². The third-order valence-corrected chi connectivity index (χ3v) is 4.41. The number of aliphatic hydroxyl groups excluding tert-OH is 1. The van der Waals surface area contributed by atoms with Gasteiger partial charge in [-0.15, -0.1) is 0 Å². The molecule has 0 fully saturated rings. The minimum absolute atomic E-state index is 0.0155. The third kappa shape index (κ3) is 4.24. The van der Waals surface area contributed by atoms with E-state index in [-0.39, 0.29) is 11.4 Å². The van der Waals surface area contributed by atoms with Crippen LogP contribution in [0.15, 0.2) is 23.1 Å². The number of aryl methyl sites for hydroxylation is 1. The number of rotatable bonds is 6. The first kappa shape index (κ1) is 15.4. The van der Waals surface area contributed by atoms with Gasteiger partial charge in [-0.05, 0) is 31.0 Å². The SMILES string of the molecule is CCCC(O)CNS(=O)(=O)c1ccc(C)c(Cl)c1. The smallest absolute Gasteiger partial charge is 0.240 e. The minimum atomic E-state index is -3.61. The zero-order valence-electron chi connectivity index (χ0n) is 10.5. The van der Waals surface area contributed by atoms with Crippen molar-refractivity contribution in [3.8, 4) is 0 Å². The molecule has 6 heteroatoms. The summed E-state index contributed by atoms with van der Waals surface area (Å²) in [6.07, 6.45) is 0.710. The molecule has 102 valence electrons. The van der Waals surface area contributed by atoms with Gasteiger partial charge in [-0.2, -0.15) is 0 Å². The minimum Gasteiger partial charge on any atom is -0.392 e. The number of aliphatic hydroxyl groups is 1. The summed E-state index contributed by atoms with van der Waals surface area (Å²) in [5.74, 6) is 0. The van der Waals surface area contributed by atoms with E-state index in [4.69, 9.17) is 11.6 Å². The van der Waals surface area contributed by atoms with Crippen LogP contribution < -0.4 is 4.72 Å². The summed E-state index contributed by atoms with van der Waals surface area (Å²) in [5.41, 5.74) is 0.821. The summed E-state index contributed by atoms with van der Waals surface area (Å²) in [4.78, 5) is 0.113. The van der Waals surface area contributed by atoms with Crippen molar-refractivity contribution in [1.82, 2.24) is 4.72 Å². The monoisotopic (exact) mass is 291 g/mol. The molecule has 2 N–H and O–H groups in total. The van der Waals surface area contributed by atoms with Crippen molar-refractivity contribution in [2.24, 2.45) is 0 Å². The molecule has 1 aromatic rings. The summed E-state index contributed by atoms with van der Waals surface area (Å²) >= 11 is 5.89. The van der Waals surface area contributed by atoms with Gasteiger partial charge in [0, 0.05) is 11.6 Å². The van der Waals surface area contributed by atoms with Crippen molar-refractivity contribution in [3.05, 3.63) is 28.8 Å². The van der Waals surface area contributed by atoms with E-state index in [2.05, 4.69) is 4.72 Å². The predicted octanol–water partition coefficient (Wildman–Crippen LogP) is 2.09.